The molecule has 8 heteroatoms. The number of hydrogen-bond donors (Lipinski definition) is 0. The molecule has 0 bridgehead atoms. The van der Waals surface area contributed by atoms with Gasteiger partial charge in [0.2, 0.25) is 0 Å². The number of benzene rings is 1. The fraction of sp³-hybridized carbons (Fsp3) is 0.423. The zero-order valence-electron chi connectivity index (χ0n) is 20.2. The molecule has 0 aliphatic carbocycles. The summed E-state index contributed by atoms with van der Waals surface area (Å²) < 4.78 is 3.87. The standard InChI is InChI=1S/C26H32N8/c1-19-14-34(25-6-7-27-26-24(25)13-29-31(26)3)15-20-4-5-22(12-23(19)20)33-10-8-32(9-11-33)17-21-16-30(2)18-28-21/h4-7,12-13,16,18-19H,8-11,14-15,17H2,1-3H3. The van der Waals surface area contributed by atoms with Crippen molar-refractivity contribution >= 4 is 22.4 Å². The van der Waals surface area contributed by atoms with Gasteiger partial charge in [-0.3, -0.25) is 9.58 Å². The number of piperazine rings is 1. The highest BCUT2D eigenvalue weighted by atomic mass is 15.3. The normalized spacial score (nSPS) is 19.1. The first-order valence-electron chi connectivity index (χ1n) is 12.1. The molecule has 1 fully saturated rings. The Morgan fingerprint density at radius 1 is 1.00 bits per heavy atom. The monoisotopic (exact) mass is 456 g/mol. The first-order chi connectivity index (χ1) is 16.5. The zero-order valence-corrected chi connectivity index (χ0v) is 20.2. The number of anilines is 2. The van der Waals surface area contributed by atoms with Crippen molar-refractivity contribution in [3.8, 4) is 0 Å². The largest absolute Gasteiger partial charge is 0.369 e. The molecule has 34 heavy (non-hydrogen) atoms. The molecule has 1 atom stereocenters. The van der Waals surface area contributed by atoms with Crippen LogP contribution in [0.15, 0.2) is 49.2 Å². The Hall–Kier alpha value is -3.39. The van der Waals surface area contributed by atoms with Crippen molar-refractivity contribution in [1.29, 1.82) is 0 Å². The van der Waals surface area contributed by atoms with Crippen LogP contribution in [0.2, 0.25) is 0 Å². The summed E-state index contributed by atoms with van der Waals surface area (Å²) in [7, 11) is 3.98. The van der Waals surface area contributed by atoms with Gasteiger partial charge in [0.15, 0.2) is 5.65 Å². The Balaban J connectivity index is 1.16. The molecule has 0 amide bonds. The summed E-state index contributed by atoms with van der Waals surface area (Å²) in [5.74, 6) is 0.467. The third-order valence-corrected chi connectivity index (χ3v) is 7.35. The first kappa shape index (κ1) is 21.2. The molecule has 3 aromatic heterocycles. The maximum atomic E-state index is 4.51. The fourth-order valence-corrected chi connectivity index (χ4v) is 5.52. The molecular formula is C26H32N8. The number of fused-ring (bicyclic) bond motifs is 2. The van der Waals surface area contributed by atoms with Crippen molar-refractivity contribution < 1.29 is 0 Å². The van der Waals surface area contributed by atoms with E-state index in [0.717, 1.165) is 62.5 Å². The number of imidazole rings is 1. The van der Waals surface area contributed by atoms with Crippen LogP contribution in [0.5, 0.6) is 0 Å². The van der Waals surface area contributed by atoms with E-state index in [1.165, 1.54) is 22.5 Å². The number of pyridine rings is 1. The number of aromatic nitrogens is 5. The molecule has 1 unspecified atom stereocenters. The van der Waals surface area contributed by atoms with Crippen LogP contribution in [-0.4, -0.2) is 61.9 Å². The predicted octanol–water partition coefficient (Wildman–Crippen LogP) is 3.15. The average Bonchev–Trinajstić information content (AvgIpc) is 3.44. The van der Waals surface area contributed by atoms with Crippen LogP contribution in [0.4, 0.5) is 11.4 Å². The van der Waals surface area contributed by atoms with Crippen molar-refractivity contribution in [1.82, 2.24) is 29.2 Å². The molecule has 1 saturated heterocycles. The molecular weight excluding hydrogens is 424 g/mol. The van der Waals surface area contributed by atoms with Gasteiger partial charge in [-0.05, 0) is 35.2 Å². The lowest BCUT2D eigenvalue weighted by atomic mass is 9.90. The van der Waals surface area contributed by atoms with Crippen molar-refractivity contribution in [2.45, 2.75) is 25.9 Å². The third kappa shape index (κ3) is 3.81. The summed E-state index contributed by atoms with van der Waals surface area (Å²) in [6.45, 7) is 9.46. The molecule has 8 nitrogen and oxygen atoms in total. The topological polar surface area (TPSA) is 58.3 Å². The molecule has 6 rings (SSSR count). The van der Waals surface area contributed by atoms with Crippen LogP contribution >= 0.6 is 0 Å². The minimum Gasteiger partial charge on any atom is -0.369 e. The SMILES string of the molecule is CC1CN(c2ccnc3c2cnn3C)Cc2ccc(N3CCN(Cc4cn(C)cn4)CC3)cc21. The maximum absolute atomic E-state index is 4.51. The lowest BCUT2D eigenvalue weighted by Gasteiger charge is -2.38. The Morgan fingerprint density at radius 2 is 1.85 bits per heavy atom. The van der Waals surface area contributed by atoms with Gasteiger partial charge in [-0.2, -0.15) is 5.10 Å². The van der Waals surface area contributed by atoms with Gasteiger partial charge in [0.05, 0.1) is 29.3 Å². The van der Waals surface area contributed by atoms with Gasteiger partial charge in [0.1, 0.15) is 0 Å². The van der Waals surface area contributed by atoms with Crippen molar-refractivity contribution in [3.63, 3.8) is 0 Å². The summed E-state index contributed by atoms with van der Waals surface area (Å²) in [4.78, 5) is 16.5. The third-order valence-electron chi connectivity index (χ3n) is 7.35. The summed E-state index contributed by atoms with van der Waals surface area (Å²) >= 11 is 0. The van der Waals surface area contributed by atoms with E-state index in [0.29, 0.717) is 5.92 Å². The highest BCUT2D eigenvalue weighted by Crippen LogP contribution is 2.36. The summed E-state index contributed by atoms with van der Waals surface area (Å²) in [5, 5.41) is 5.55. The Kier molecular flexibility index (Phi) is 5.25. The van der Waals surface area contributed by atoms with Crippen LogP contribution < -0.4 is 9.80 Å². The molecule has 2 aliphatic heterocycles. The minimum absolute atomic E-state index is 0.467. The molecule has 2 aliphatic rings. The molecule has 4 aromatic rings. The Morgan fingerprint density at radius 3 is 2.65 bits per heavy atom. The molecule has 1 aromatic carbocycles. The van der Waals surface area contributed by atoms with E-state index < -0.39 is 0 Å². The molecule has 5 heterocycles. The highest BCUT2D eigenvalue weighted by Gasteiger charge is 2.26. The molecule has 0 N–H and O–H groups in total. The van der Waals surface area contributed by atoms with Crippen molar-refractivity contribution in [3.05, 3.63) is 66.0 Å². The van der Waals surface area contributed by atoms with Gasteiger partial charge in [0.25, 0.3) is 0 Å². The van der Waals surface area contributed by atoms with E-state index in [-0.39, 0.29) is 0 Å². The van der Waals surface area contributed by atoms with Gasteiger partial charge in [-0.15, -0.1) is 0 Å². The van der Waals surface area contributed by atoms with Gasteiger partial charge < -0.3 is 14.4 Å². The summed E-state index contributed by atoms with van der Waals surface area (Å²) in [5.41, 5.74) is 7.58. The fourth-order valence-electron chi connectivity index (χ4n) is 5.52. The van der Waals surface area contributed by atoms with E-state index in [1.807, 2.05) is 42.1 Å². The number of hydrogen-bond acceptors (Lipinski definition) is 6. The lowest BCUT2D eigenvalue weighted by Crippen LogP contribution is -2.46. The maximum Gasteiger partial charge on any atom is 0.159 e. The Bertz CT molecular complexity index is 1310. The van der Waals surface area contributed by atoms with Gasteiger partial charge >= 0.3 is 0 Å². The van der Waals surface area contributed by atoms with E-state index in [1.54, 1.807) is 0 Å². The second-order valence-electron chi connectivity index (χ2n) is 9.79. The molecule has 0 saturated carbocycles. The van der Waals surface area contributed by atoms with Crippen LogP contribution in [0.1, 0.15) is 29.7 Å². The van der Waals surface area contributed by atoms with Crippen molar-refractivity contribution in [2.75, 3.05) is 42.5 Å². The van der Waals surface area contributed by atoms with Crippen LogP contribution in [0.3, 0.4) is 0 Å². The number of aryl methyl sites for hydroxylation is 2. The van der Waals surface area contributed by atoms with Gasteiger partial charge in [-0.25, -0.2) is 9.97 Å². The van der Waals surface area contributed by atoms with E-state index in [2.05, 4.69) is 67.2 Å². The average molecular weight is 457 g/mol. The second-order valence-corrected chi connectivity index (χ2v) is 9.79. The first-order valence-corrected chi connectivity index (χ1v) is 12.1. The molecule has 176 valence electrons. The zero-order chi connectivity index (χ0) is 23.2. The van der Waals surface area contributed by atoms with E-state index >= 15 is 0 Å². The van der Waals surface area contributed by atoms with Crippen molar-refractivity contribution in [2.24, 2.45) is 14.1 Å². The highest BCUT2D eigenvalue weighted by molar-refractivity contribution is 5.89. The predicted molar refractivity (Wildman–Crippen MR) is 135 cm³/mol. The molecule has 0 radical (unpaired) electrons. The van der Waals surface area contributed by atoms with Gasteiger partial charge in [-0.1, -0.05) is 13.0 Å². The van der Waals surface area contributed by atoms with E-state index in [4.69, 9.17) is 0 Å². The van der Waals surface area contributed by atoms with Crippen LogP contribution in [0.25, 0.3) is 11.0 Å². The summed E-state index contributed by atoms with van der Waals surface area (Å²) in [6.07, 6.45) is 7.84. The van der Waals surface area contributed by atoms with Gasteiger partial charge in [0, 0.05) is 78.0 Å². The minimum atomic E-state index is 0.467. The van der Waals surface area contributed by atoms with Crippen LogP contribution in [0, 0.1) is 0 Å². The lowest BCUT2D eigenvalue weighted by molar-refractivity contribution is 0.247. The number of nitrogens with zero attached hydrogens (tertiary/aromatic N) is 8. The molecule has 0 spiro atoms. The smallest absolute Gasteiger partial charge is 0.159 e. The Labute approximate surface area is 200 Å². The summed E-state index contributed by atoms with van der Waals surface area (Å²) in [6, 6.07) is 9.23. The van der Waals surface area contributed by atoms with Crippen LogP contribution in [-0.2, 0) is 27.2 Å². The number of rotatable bonds is 4. The quantitative estimate of drug-likeness (QED) is 0.470. The second kappa shape index (κ2) is 8.43. The van der Waals surface area contributed by atoms with E-state index in [9.17, 15) is 0 Å².